The molecule has 2 unspecified atom stereocenters. The number of fused-ring (bicyclic) bond motifs is 1. The van der Waals surface area contributed by atoms with Gasteiger partial charge >= 0.3 is 0 Å². The van der Waals surface area contributed by atoms with E-state index < -0.39 is 31.4 Å². The quantitative estimate of drug-likeness (QED) is 0.641. The van der Waals surface area contributed by atoms with Crippen LogP contribution in [0, 0.1) is 0 Å². The molecule has 2 aromatic rings. The number of anilines is 1. The topological polar surface area (TPSA) is 119 Å². The number of aromatic nitrogens is 4. The van der Waals surface area contributed by atoms with Crippen molar-refractivity contribution < 1.29 is 14.9 Å². The molecule has 1 fully saturated rings. The molecular weight excluding hydrogens is 353 g/mol. The molecule has 3 heterocycles. The van der Waals surface area contributed by atoms with Gasteiger partial charge in [0.15, 0.2) is 17.7 Å². The lowest BCUT2D eigenvalue weighted by atomic mass is 10.1. The Morgan fingerprint density at radius 1 is 1.31 bits per heavy atom. The zero-order valence-electron chi connectivity index (χ0n) is 15.5. The highest BCUT2D eigenvalue weighted by molar-refractivity contribution is 7.72. The van der Waals surface area contributed by atoms with Crippen LogP contribution in [0.25, 0.3) is 11.2 Å². The molecule has 0 amide bonds. The molecule has 0 aliphatic carbocycles. The first-order chi connectivity index (χ1) is 12.2. The van der Waals surface area contributed by atoms with Gasteiger partial charge in [0.1, 0.15) is 23.5 Å². The van der Waals surface area contributed by atoms with Gasteiger partial charge in [-0.1, -0.05) is 6.92 Å². The smallest absolute Gasteiger partial charge is 0.167 e. The van der Waals surface area contributed by atoms with E-state index in [1.165, 1.54) is 6.33 Å². The van der Waals surface area contributed by atoms with Gasteiger partial charge in [0, 0.05) is 6.42 Å². The number of hydrogen-bond donors (Lipinski definition) is 3. The van der Waals surface area contributed by atoms with E-state index in [1.807, 2.05) is 6.92 Å². The molecule has 144 valence electrons. The number of hydrogen-bond acceptors (Lipinski definition) is 7. The second-order valence-electron chi connectivity index (χ2n) is 7.59. The van der Waals surface area contributed by atoms with E-state index in [0.29, 0.717) is 35.6 Å². The molecule has 1 aliphatic heterocycles. The maximum Gasteiger partial charge on any atom is 0.167 e. The Labute approximate surface area is 153 Å². The zero-order valence-corrected chi connectivity index (χ0v) is 16.4. The highest BCUT2D eigenvalue weighted by Crippen LogP contribution is 2.40. The van der Waals surface area contributed by atoms with E-state index in [0.717, 1.165) is 12.6 Å². The Morgan fingerprint density at radius 3 is 2.69 bits per heavy atom. The number of nitrogen functional groups attached to an aromatic ring is 1. The van der Waals surface area contributed by atoms with Crippen LogP contribution in [-0.4, -0.2) is 73.8 Å². The average Bonchev–Trinajstić information content (AvgIpc) is 3.08. The number of nitrogens with two attached hydrogens (primary N) is 1. The number of nitrogens with zero attached hydrogens (tertiary/aromatic N) is 4. The van der Waals surface area contributed by atoms with Gasteiger partial charge in [-0.2, -0.15) is 0 Å². The van der Waals surface area contributed by atoms with Gasteiger partial charge in [-0.3, -0.25) is 4.57 Å². The summed E-state index contributed by atoms with van der Waals surface area (Å²) in [5.41, 5.74) is 6.99. The van der Waals surface area contributed by atoms with E-state index in [9.17, 15) is 10.2 Å². The molecule has 2 aromatic heterocycles. The minimum atomic E-state index is -1.23. The summed E-state index contributed by atoms with van der Waals surface area (Å²) in [4.78, 5) is 13.1. The van der Waals surface area contributed by atoms with Crippen LogP contribution in [0.15, 0.2) is 6.33 Å². The van der Waals surface area contributed by atoms with Gasteiger partial charge in [-0.15, -0.1) is 13.2 Å². The predicted molar refractivity (Wildman–Crippen MR) is 105 cm³/mol. The van der Waals surface area contributed by atoms with Crippen molar-refractivity contribution in [3.63, 3.8) is 0 Å². The van der Waals surface area contributed by atoms with Crippen LogP contribution in [0.1, 0.15) is 31.8 Å². The van der Waals surface area contributed by atoms with Gasteiger partial charge in [0.2, 0.25) is 0 Å². The Bertz CT molecular complexity index is 833. The first-order valence-electron chi connectivity index (χ1n) is 8.89. The van der Waals surface area contributed by atoms with Crippen LogP contribution in [0.4, 0.5) is 5.82 Å². The number of aliphatic hydroxyl groups excluding tert-OH is 2. The number of rotatable bonds is 6. The predicted octanol–water partition coefficient (Wildman–Crippen LogP) is 1.08. The summed E-state index contributed by atoms with van der Waals surface area (Å²) in [5.74, 6) is 0.942. The van der Waals surface area contributed by atoms with Gasteiger partial charge in [-0.05, 0) is 32.3 Å². The van der Waals surface area contributed by atoms with E-state index in [-0.39, 0.29) is 0 Å². The lowest BCUT2D eigenvalue weighted by molar-refractivity contribution is -0.0353. The van der Waals surface area contributed by atoms with Crippen LogP contribution < -0.4 is 5.73 Å². The van der Waals surface area contributed by atoms with Crippen LogP contribution in [0.2, 0.25) is 0 Å². The minimum absolute atomic E-state index is 0.311. The first-order valence-corrected chi connectivity index (χ1v) is 11.9. The van der Waals surface area contributed by atoms with Crippen LogP contribution in [-0.2, 0) is 11.2 Å². The molecule has 4 N–H and O–H groups in total. The molecular formula is C17H28N5O3P. The Morgan fingerprint density at radius 2 is 2.04 bits per heavy atom. The number of ether oxygens (including phenoxy) is 1. The normalized spacial score (nSPS) is 26.7. The fourth-order valence-corrected chi connectivity index (χ4v) is 4.13. The molecule has 1 saturated heterocycles. The van der Waals surface area contributed by atoms with E-state index in [4.69, 9.17) is 10.5 Å². The Kier molecular flexibility index (Phi) is 5.40. The maximum absolute atomic E-state index is 10.5. The third-order valence-electron chi connectivity index (χ3n) is 4.60. The molecule has 0 aromatic carbocycles. The van der Waals surface area contributed by atoms with Crippen LogP contribution in [0.3, 0.4) is 0 Å². The van der Waals surface area contributed by atoms with Gasteiger partial charge < -0.3 is 20.7 Å². The van der Waals surface area contributed by atoms with Gasteiger partial charge in [0.25, 0.3) is 0 Å². The standard InChI is InChI=1S/C17H28N5O3P/c1-5-6-11-20-15(18)12-16(21-11)22(9-19-12)17-14(24)13(23)10(25-17)7-8-26(2,3)4/h9-10,13-14,17,23-24H,2,5-8H2,1,3-4H3,(H2,18,20,21)/t10?,13-,14-,17?/m1/s1. The number of imidazole rings is 1. The Hall–Kier alpha value is -1.47. The summed E-state index contributed by atoms with van der Waals surface area (Å²) in [6.45, 7) is 5.09. The summed E-state index contributed by atoms with van der Waals surface area (Å²) < 4.78 is 7.63. The summed E-state index contributed by atoms with van der Waals surface area (Å²) in [6, 6.07) is 0. The fourth-order valence-electron chi connectivity index (χ4n) is 3.18. The Balaban J connectivity index is 1.90. The van der Waals surface area contributed by atoms with Gasteiger partial charge in [0.05, 0.1) is 12.4 Å². The lowest BCUT2D eigenvalue weighted by Gasteiger charge is -2.18. The zero-order chi connectivity index (χ0) is 19.1. The molecule has 3 rings (SSSR count). The SMILES string of the molecule is C=P(C)(C)CCC1OC(n2cnc3c(N)nc(CCC)nc32)[C@H](O)[C@@H]1O. The van der Waals surface area contributed by atoms with Crippen molar-refractivity contribution in [2.45, 2.75) is 50.7 Å². The minimum Gasteiger partial charge on any atom is -0.388 e. The van der Waals surface area contributed by atoms with E-state index in [1.54, 1.807) is 4.57 Å². The highest BCUT2D eigenvalue weighted by Gasteiger charge is 2.44. The van der Waals surface area contributed by atoms with Crippen molar-refractivity contribution >= 4 is 30.2 Å². The first kappa shape index (κ1) is 19.3. The number of aliphatic hydroxyl groups is 2. The molecule has 0 saturated carbocycles. The van der Waals surface area contributed by atoms with Crippen molar-refractivity contribution in [2.24, 2.45) is 0 Å². The summed E-state index contributed by atoms with van der Waals surface area (Å²) in [7, 11) is 0. The third kappa shape index (κ3) is 3.78. The third-order valence-corrected chi connectivity index (χ3v) is 6.07. The molecule has 8 nitrogen and oxygen atoms in total. The molecule has 26 heavy (non-hydrogen) atoms. The summed E-state index contributed by atoms with van der Waals surface area (Å²) in [5, 5.41) is 20.9. The van der Waals surface area contributed by atoms with Crippen LogP contribution >= 0.6 is 6.89 Å². The molecule has 1 aliphatic rings. The van der Waals surface area contributed by atoms with Crippen molar-refractivity contribution in [3.8, 4) is 0 Å². The number of aryl methyl sites for hydroxylation is 1. The van der Waals surface area contributed by atoms with Crippen molar-refractivity contribution in [1.29, 1.82) is 0 Å². The molecule has 0 bridgehead atoms. The molecule has 4 atom stereocenters. The van der Waals surface area contributed by atoms with E-state index >= 15 is 0 Å². The maximum atomic E-state index is 10.5. The van der Waals surface area contributed by atoms with Crippen LogP contribution in [0.5, 0.6) is 0 Å². The second-order valence-corrected chi connectivity index (χ2v) is 11.9. The molecule has 9 heteroatoms. The average molecular weight is 381 g/mol. The molecule has 0 radical (unpaired) electrons. The lowest BCUT2D eigenvalue weighted by Crippen LogP contribution is -2.31. The second kappa shape index (κ2) is 7.27. The monoisotopic (exact) mass is 381 g/mol. The van der Waals surface area contributed by atoms with E-state index in [2.05, 4.69) is 34.6 Å². The fraction of sp³-hybridized carbons (Fsp3) is 0.647. The van der Waals surface area contributed by atoms with Crippen molar-refractivity contribution in [1.82, 2.24) is 19.5 Å². The van der Waals surface area contributed by atoms with Gasteiger partial charge in [-0.25, -0.2) is 15.0 Å². The summed E-state index contributed by atoms with van der Waals surface area (Å²) >= 11 is 0. The summed E-state index contributed by atoms with van der Waals surface area (Å²) in [6.07, 6.45) is 5.64. The van der Waals surface area contributed by atoms with Crippen molar-refractivity contribution in [2.75, 3.05) is 25.2 Å². The molecule has 0 spiro atoms. The van der Waals surface area contributed by atoms with Crippen molar-refractivity contribution in [3.05, 3.63) is 12.2 Å². The highest BCUT2D eigenvalue weighted by atomic mass is 31.2. The largest absolute Gasteiger partial charge is 0.388 e.